The average Bonchev–Trinajstić information content (AvgIpc) is 3.75. The fraction of sp³-hybridized carbons (Fsp3) is 0.345. The van der Waals surface area contributed by atoms with Gasteiger partial charge in [0.05, 0.1) is 23.3 Å². The Kier molecular flexibility index (Phi) is 8.53. The van der Waals surface area contributed by atoms with E-state index in [1.165, 1.54) is 0 Å². The monoisotopic (exact) mass is 533 g/mol. The summed E-state index contributed by atoms with van der Waals surface area (Å²) in [6, 6.07) is 13.2. The van der Waals surface area contributed by atoms with Crippen LogP contribution in [0.4, 0.5) is 5.82 Å². The number of anilines is 1. The molecule has 38 heavy (non-hydrogen) atoms. The predicted molar refractivity (Wildman–Crippen MR) is 151 cm³/mol. The number of carbonyl (C=O) groups excluding carboxylic acids is 1. The predicted octanol–water partition coefficient (Wildman–Crippen LogP) is 5.08. The third kappa shape index (κ3) is 6.69. The summed E-state index contributed by atoms with van der Waals surface area (Å²) in [5, 5.41) is 10.4. The van der Waals surface area contributed by atoms with Crippen LogP contribution in [0, 0.1) is 0 Å². The van der Waals surface area contributed by atoms with E-state index in [2.05, 4.69) is 21.7 Å². The Morgan fingerprint density at radius 2 is 1.92 bits per heavy atom. The standard InChI is InChI=1S/C29H32ClN5O3/c30-25-15-19(3-8-27(25)38-21-5-6-21)17-32-10-1-2-13-37-14-12-34-29-23-9-11-33-18-24(23)22-7-4-20(28(31)36)16-26(22)35-29/h3-4,7-9,11,15-16,18,21,32H,1-2,5-6,10,12-14,17H2,(H2,31,36)(H,34,35). The smallest absolute Gasteiger partial charge is 0.248 e. The van der Waals surface area contributed by atoms with Gasteiger partial charge in [-0.3, -0.25) is 9.78 Å². The van der Waals surface area contributed by atoms with Crippen LogP contribution in [0.25, 0.3) is 21.7 Å². The van der Waals surface area contributed by atoms with E-state index in [0.29, 0.717) is 42.0 Å². The molecule has 0 saturated heterocycles. The summed E-state index contributed by atoms with van der Waals surface area (Å²) in [5.74, 6) is 1.04. The van der Waals surface area contributed by atoms with Gasteiger partial charge in [0, 0.05) is 53.8 Å². The van der Waals surface area contributed by atoms with Crippen LogP contribution in [0.15, 0.2) is 54.9 Å². The molecule has 0 bridgehead atoms. The number of unbranched alkanes of at least 4 members (excludes halogenated alkanes) is 1. The number of hydrogen-bond acceptors (Lipinski definition) is 7. The van der Waals surface area contributed by atoms with E-state index in [1.807, 2.05) is 30.5 Å². The largest absolute Gasteiger partial charge is 0.489 e. The number of primary amides is 1. The molecule has 0 atom stereocenters. The minimum Gasteiger partial charge on any atom is -0.489 e. The Bertz CT molecular complexity index is 1430. The number of fused-ring (bicyclic) bond motifs is 3. The maximum Gasteiger partial charge on any atom is 0.248 e. The summed E-state index contributed by atoms with van der Waals surface area (Å²) in [6.07, 6.45) is 8.15. The van der Waals surface area contributed by atoms with Gasteiger partial charge in [0.1, 0.15) is 11.6 Å². The van der Waals surface area contributed by atoms with Crippen LogP contribution in [0.3, 0.4) is 0 Å². The number of nitrogens with zero attached hydrogens (tertiary/aromatic N) is 2. The Morgan fingerprint density at radius 1 is 1.03 bits per heavy atom. The number of benzene rings is 2. The summed E-state index contributed by atoms with van der Waals surface area (Å²) < 4.78 is 11.6. The zero-order valence-corrected chi connectivity index (χ0v) is 22.0. The second-order valence-corrected chi connectivity index (χ2v) is 9.89. The van der Waals surface area contributed by atoms with Crippen molar-refractivity contribution in [1.82, 2.24) is 15.3 Å². The van der Waals surface area contributed by atoms with Crippen LogP contribution in [-0.4, -0.2) is 48.3 Å². The topological polar surface area (TPSA) is 111 Å². The highest BCUT2D eigenvalue weighted by Crippen LogP contribution is 2.32. The van der Waals surface area contributed by atoms with Gasteiger partial charge in [-0.25, -0.2) is 4.98 Å². The van der Waals surface area contributed by atoms with Crippen molar-refractivity contribution in [2.24, 2.45) is 5.73 Å². The second kappa shape index (κ2) is 12.4. The Morgan fingerprint density at radius 3 is 2.74 bits per heavy atom. The molecule has 9 heteroatoms. The SMILES string of the molecule is NC(=O)c1ccc2c(c1)nc(NCCOCCCCNCc1ccc(OC3CC3)c(Cl)c1)c1ccncc12. The van der Waals surface area contributed by atoms with Gasteiger partial charge in [-0.15, -0.1) is 0 Å². The molecular weight excluding hydrogens is 502 g/mol. The van der Waals surface area contributed by atoms with Crippen LogP contribution >= 0.6 is 11.6 Å². The van der Waals surface area contributed by atoms with Gasteiger partial charge < -0.3 is 25.8 Å². The van der Waals surface area contributed by atoms with Crippen LogP contribution in [0.5, 0.6) is 5.75 Å². The maximum atomic E-state index is 11.6. The molecule has 2 aromatic heterocycles. The highest BCUT2D eigenvalue weighted by Gasteiger charge is 2.24. The first-order valence-electron chi connectivity index (χ1n) is 13.0. The summed E-state index contributed by atoms with van der Waals surface area (Å²) in [7, 11) is 0. The van der Waals surface area contributed by atoms with Crippen LogP contribution in [0.2, 0.25) is 5.02 Å². The molecule has 198 valence electrons. The summed E-state index contributed by atoms with van der Waals surface area (Å²) in [5.41, 5.74) is 7.72. The number of aromatic nitrogens is 2. The molecule has 1 aliphatic carbocycles. The van der Waals surface area contributed by atoms with Crippen LogP contribution in [-0.2, 0) is 11.3 Å². The number of amides is 1. The number of carbonyl (C=O) groups is 1. The summed E-state index contributed by atoms with van der Waals surface area (Å²) in [4.78, 5) is 20.6. The lowest BCUT2D eigenvalue weighted by Crippen LogP contribution is -2.16. The minimum atomic E-state index is -0.476. The van der Waals surface area contributed by atoms with Crippen molar-refractivity contribution >= 4 is 45.0 Å². The first-order chi connectivity index (χ1) is 18.6. The molecule has 1 fully saturated rings. The van der Waals surface area contributed by atoms with Gasteiger partial charge in [-0.1, -0.05) is 23.7 Å². The lowest BCUT2D eigenvalue weighted by Gasteiger charge is -2.12. The van der Waals surface area contributed by atoms with E-state index in [-0.39, 0.29) is 0 Å². The van der Waals surface area contributed by atoms with Gasteiger partial charge in [-0.2, -0.15) is 0 Å². The quantitative estimate of drug-likeness (QED) is 0.153. The lowest BCUT2D eigenvalue weighted by molar-refractivity contribution is 0.100. The molecule has 1 aliphatic rings. The molecule has 2 aromatic carbocycles. The third-order valence-corrected chi connectivity index (χ3v) is 6.75. The van der Waals surface area contributed by atoms with E-state index in [0.717, 1.165) is 72.1 Å². The van der Waals surface area contributed by atoms with Gasteiger partial charge in [0.2, 0.25) is 5.91 Å². The maximum absolute atomic E-state index is 11.6. The van der Waals surface area contributed by atoms with Crippen LogP contribution in [0.1, 0.15) is 41.6 Å². The van der Waals surface area contributed by atoms with Gasteiger partial charge in [0.25, 0.3) is 0 Å². The summed E-state index contributed by atoms with van der Waals surface area (Å²) >= 11 is 6.34. The third-order valence-electron chi connectivity index (χ3n) is 6.46. The van der Waals surface area contributed by atoms with Crippen molar-refractivity contribution < 1.29 is 14.3 Å². The zero-order valence-electron chi connectivity index (χ0n) is 21.2. The van der Waals surface area contributed by atoms with Crippen molar-refractivity contribution in [3.8, 4) is 5.75 Å². The fourth-order valence-electron chi connectivity index (χ4n) is 4.28. The second-order valence-electron chi connectivity index (χ2n) is 9.48. The van der Waals surface area contributed by atoms with Gasteiger partial charge >= 0.3 is 0 Å². The Balaban J connectivity index is 1.02. The number of nitrogens with two attached hydrogens (primary N) is 1. The first kappa shape index (κ1) is 26.2. The number of ether oxygens (including phenoxy) is 2. The molecule has 0 aliphatic heterocycles. The Hall–Kier alpha value is -3.46. The van der Waals surface area contributed by atoms with E-state index in [9.17, 15) is 4.79 Å². The van der Waals surface area contributed by atoms with Gasteiger partial charge in [-0.05, 0) is 68.1 Å². The van der Waals surface area contributed by atoms with E-state index >= 15 is 0 Å². The van der Waals surface area contributed by atoms with Crippen molar-refractivity contribution in [3.05, 3.63) is 71.0 Å². The number of pyridine rings is 2. The molecule has 2 heterocycles. The average molecular weight is 534 g/mol. The number of rotatable bonds is 14. The van der Waals surface area contributed by atoms with E-state index in [1.54, 1.807) is 18.3 Å². The van der Waals surface area contributed by atoms with Crippen molar-refractivity contribution in [2.45, 2.75) is 38.3 Å². The zero-order chi connectivity index (χ0) is 26.3. The summed E-state index contributed by atoms with van der Waals surface area (Å²) in [6.45, 7) is 3.56. The highest BCUT2D eigenvalue weighted by atomic mass is 35.5. The molecule has 5 rings (SSSR count). The highest BCUT2D eigenvalue weighted by molar-refractivity contribution is 6.32. The normalized spacial score (nSPS) is 13.2. The van der Waals surface area contributed by atoms with E-state index in [4.69, 9.17) is 31.8 Å². The van der Waals surface area contributed by atoms with Crippen molar-refractivity contribution in [3.63, 3.8) is 0 Å². The Labute approximate surface area is 226 Å². The lowest BCUT2D eigenvalue weighted by atomic mass is 10.1. The molecule has 0 spiro atoms. The molecular formula is C29H32ClN5O3. The molecule has 4 N–H and O–H groups in total. The first-order valence-corrected chi connectivity index (χ1v) is 13.4. The molecule has 1 saturated carbocycles. The number of nitrogens with one attached hydrogen (secondary N) is 2. The number of hydrogen-bond donors (Lipinski definition) is 3. The van der Waals surface area contributed by atoms with Gasteiger partial charge in [0.15, 0.2) is 0 Å². The van der Waals surface area contributed by atoms with Crippen molar-refractivity contribution in [1.29, 1.82) is 0 Å². The molecule has 0 unspecified atom stereocenters. The molecule has 4 aromatic rings. The molecule has 1 amide bonds. The number of halogens is 1. The van der Waals surface area contributed by atoms with Crippen molar-refractivity contribution in [2.75, 3.05) is 31.6 Å². The fourth-order valence-corrected chi connectivity index (χ4v) is 4.53. The van der Waals surface area contributed by atoms with Crippen LogP contribution < -0.4 is 21.1 Å². The minimum absolute atomic E-state index is 0.348. The molecule has 0 radical (unpaired) electrons. The molecule has 8 nitrogen and oxygen atoms in total. The van der Waals surface area contributed by atoms with E-state index < -0.39 is 5.91 Å².